The number of aliphatic hydroxyl groups excluding tert-OH is 1. The van der Waals surface area contributed by atoms with Crippen LogP contribution in [0.2, 0.25) is 0 Å². The number of fused-ring (bicyclic) bond motifs is 1. The third kappa shape index (κ3) is 3.23. The Morgan fingerprint density at radius 2 is 2.15 bits per heavy atom. The molecule has 2 atom stereocenters. The number of hydrogen-bond donors (Lipinski definition) is 1. The topological polar surface area (TPSA) is 57.2 Å². The van der Waals surface area contributed by atoms with E-state index in [0.717, 1.165) is 30.8 Å². The Morgan fingerprint density at radius 1 is 1.25 bits per heavy atom. The number of ether oxygens (including phenoxy) is 4. The van der Waals surface area contributed by atoms with Crippen LogP contribution in [0.4, 0.5) is 0 Å². The molecule has 20 heavy (non-hydrogen) atoms. The summed E-state index contributed by atoms with van der Waals surface area (Å²) in [5.74, 6) is 1.40. The molecule has 0 aromatic heterocycles. The predicted molar refractivity (Wildman–Crippen MR) is 71.9 cm³/mol. The van der Waals surface area contributed by atoms with Crippen molar-refractivity contribution in [2.45, 2.75) is 31.5 Å². The third-order valence-corrected chi connectivity index (χ3v) is 3.63. The van der Waals surface area contributed by atoms with Gasteiger partial charge in [-0.05, 0) is 37.0 Å². The molecule has 5 heteroatoms. The van der Waals surface area contributed by atoms with Gasteiger partial charge in [0.15, 0.2) is 11.5 Å². The molecule has 2 aliphatic rings. The van der Waals surface area contributed by atoms with Crippen molar-refractivity contribution in [3.8, 4) is 11.5 Å². The van der Waals surface area contributed by atoms with E-state index in [1.54, 1.807) is 6.07 Å². The molecule has 0 aliphatic carbocycles. The van der Waals surface area contributed by atoms with E-state index in [9.17, 15) is 5.11 Å². The maximum Gasteiger partial charge on any atom is 0.231 e. The minimum Gasteiger partial charge on any atom is -0.454 e. The zero-order valence-corrected chi connectivity index (χ0v) is 11.4. The van der Waals surface area contributed by atoms with E-state index in [2.05, 4.69) is 0 Å². The van der Waals surface area contributed by atoms with Gasteiger partial charge in [-0.25, -0.2) is 0 Å². The van der Waals surface area contributed by atoms with E-state index in [-0.39, 0.29) is 19.5 Å². The maximum atomic E-state index is 10.1. The Balaban J connectivity index is 1.47. The summed E-state index contributed by atoms with van der Waals surface area (Å²) < 4.78 is 21.7. The lowest BCUT2D eigenvalue weighted by Crippen LogP contribution is -2.25. The van der Waals surface area contributed by atoms with Crippen LogP contribution >= 0.6 is 0 Å². The maximum absolute atomic E-state index is 10.1. The van der Waals surface area contributed by atoms with E-state index in [0.29, 0.717) is 12.4 Å². The summed E-state index contributed by atoms with van der Waals surface area (Å²) >= 11 is 0. The van der Waals surface area contributed by atoms with Crippen molar-refractivity contribution < 1.29 is 24.1 Å². The summed E-state index contributed by atoms with van der Waals surface area (Å²) in [4.78, 5) is 0. The summed E-state index contributed by atoms with van der Waals surface area (Å²) in [6.07, 6.45) is 2.88. The Kier molecular flexibility index (Phi) is 4.40. The second-order valence-electron chi connectivity index (χ2n) is 5.15. The molecule has 1 fully saturated rings. The lowest BCUT2D eigenvalue weighted by Gasteiger charge is -2.23. The molecule has 1 aromatic carbocycles. The molecule has 3 rings (SSSR count). The van der Waals surface area contributed by atoms with Gasteiger partial charge in [0.1, 0.15) is 6.10 Å². The highest BCUT2D eigenvalue weighted by atomic mass is 16.7. The standard InChI is InChI=1S/C15H20O5/c16-13(9-17-8-12-3-1-2-6-18-12)11-4-5-14-15(7-11)20-10-19-14/h4-5,7,12-13,16H,1-3,6,8-10H2. The van der Waals surface area contributed by atoms with Crippen LogP contribution in [0.3, 0.4) is 0 Å². The fourth-order valence-electron chi connectivity index (χ4n) is 2.47. The van der Waals surface area contributed by atoms with Gasteiger partial charge in [-0.3, -0.25) is 0 Å². The summed E-state index contributed by atoms with van der Waals surface area (Å²) in [5.41, 5.74) is 0.777. The molecular formula is C15H20O5. The van der Waals surface area contributed by atoms with Crippen LogP contribution in [0.5, 0.6) is 11.5 Å². The van der Waals surface area contributed by atoms with Crippen LogP contribution in [0.15, 0.2) is 18.2 Å². The predicted octanol–water partition coefficient (Wildman–Crippen LogP) is 2.03. The van der Waals surface area contributed by atoms with Crippen molar-refractivity contribution in [1.29, 1.82) is 0 Å². The number of benzene rings is 1. The molecule has 2 aliphatic heterocycles. The molecular weight excluding hydrogens is 260 g/mol. The smallest absolute Gasteiger partial charge is 0.231 e. The van der Waals surface area contributed by atoms with Gasteiger partial charge in [-0.2, -0.15) is 0 Å². The molecule has 5 nitrogen and oxygen atoms in total. The minimum atomic E-state index is -0.659. The van der Waals surface area contributed by atoms with Crippen molar-refractivity contribution >= 4 is 0 Å². The first-order chi connectivity index (χ1) is 9.83. The second kappa shape index (κ2) is 6.43. The molecule has 0 bridgehead atoms. The Morgan fingerprint density at radius 3 is 3.00 bits per heavy atom. The fraction of sp³-hybridized carbons (Fsp3) is 0.600. The van der Waals surface area contributed by atoms with Gasteiger partial charge in [0.05, 0.1) is 19.3 Å². The summed E-state index contributed by atoms with van der Waals surface area (Å²) in [6.45, 7) is 1.87. The summed E-state index contributed by atoms with van der Waals surface area (Å²) in [6, 6.07) is 5.44. The van der Waals surface area contributed by atoms with Crippen LogP contribution in [-0.2, 0) is 9.47 Å². The molecule has 0 saturated carbocycles. The Hall–Kier alpha value is -1.30. The first kappa shape index (κ1) is 13.7. The highest BCUT2D eigenvalue weighted by Gasteiger charge is 2.18. The molecule has 1 saturated heterocycles. The van der Waals surface area contributed by atoms with E-state index in [4.69, 9.17) is 18.9 Å². The van der Waals surface area contributed by atoms with Gasteiger partial charge in [0.2, 0.25) is 6.79 Å². The van der Waals surface area contributed by atoms with E-state index in [1.807, 2.05) is 12.1 Å². The third-order valence-electron chi connectivity index (χ3n) is 3.63. The number of hydrogen-bond acceptors (Lipinski definition) is 5. The van der Waals surface area contributed by atoms with Crippen LogP contribution in [0, 0.1) is 0 Å². The van der Waals surface area contributed by atoms with Crippen LogP contribution in [0.1, 0.15) is 30.9 Å². The quantitative estimate of drug-likeness (QED) is 0.894. The molecule has 0 amide bonds. The van der Waals surface area contributed by atoms with Crippen molar-refractivity contribution in [3.63, 3.8) is 0 Å². The molecule has 2 heterocycles. The number of aliphatic hydroxyl groups is 1. The van der Waals surface area contributed by atoms with Gasteiger partial charge in [-0.1, -0.05) is 6.07 Å². The zero-order valence-electron chi connectivity index (χ0n) is 11.4. The first-order valence-electron chi connectivity index (χ1n) is 7.10. The Bertz CT molecular complexity index is 442. The van der Waals surface area contributed by atoms with Gasteiger partial charge in [0.25, 0.3) is 0 Å². The van der Waals surface area contributed by atoms with Crippen LogP contribution in [0.25, 0.3) is 0 Å². The molecule has 0 radical (unpaired) electrons. The summed E-state index contributed by atoms with van der Waals surface area (Å²) in [5, 5.41) is 10.1. The summed E-state index contributed by atoms with van der Waals surface area (Å²) in [7, 11) is 0. The van der Waals surface area contributed by atoms with Crippen molar-refractivity contribution in [1.82, 2.24) is 0 Å². The Labute approximate surface area is 118 Å². The number of rotatable bonds is 5. The SMILES string of the molecule is OC(COCC1CCCCO1)c1ccc2c(c1)OCO2. The first-order valence-corrected chi connectivity index (χ1v) is 7.10. The molecule has 1 aromatic rings. The lowest BCUT2D eigenvalue weighted by molar-refractivity contribution is -0.0574. The minimum absolute atomic E-state index is 0.174. The normalized spacial score (nSPS) is 22.8. The van der Waals surface area contributed by atoms with Gasteiger partial charge >= 0.3 is 0 Å². The molecule has 0 spiro atoms. The van der Waals surface area contributed by atoms with Crippen LogP contribution < -0.4 is 9.47 Å². The van der Waals surface area contributed by atoms with E-state index < -0.39 is 6.10 Å². The monoisotopic (exact) mass is 280 g/mol. The fourth-order valence-corrected chi connectivity index (χ4v) is 2.47. The van der Waals surface area contributed by atoms with E-state index >= 15 is 0 Å². The van der Waals surface area contributed by atoms with Crippen molar-refractivity contribution in [2.24, 2.45) is 0 Å². The lowest BCUT2D eigenvalue weighted by atomic mass is 10.1. The highest BCUT2D eigenvalue weighted by molar-refractivity contribution is 5.45. The molecule has 110 valence electrons. The molecule has 2 unspecified atom stereocenters. The van der Waals surface area contributed by atoms with Gasteiger partial charge in [0, 0.05) is 6.61 Å². The highest BCUT2D eigenvalue weighted by Crippen LogP contribution is 2.34. The van der Waals surface area contributed by atoms with Crippen molar-refractivity contribution in [3.05, 3.63) is 23.8 Å². The average Bonchev–Trinajstić information content (AvgIpc) is 2.95. The average molecular weight is 280 g/mol. The van der Waals surface area contributed by atoms with Gasteiger partial charge < -0.3 is 24.1 Å². The zero-order chi connectivity index (χ0) is 13.8. The van der Waals surface area contributed by atoms with Crippen LogP contribution in [-0.4, -0.2) is 37.8 Å². The second-order valence-corrected chi connectivity index (χ2v) is 5.15. The van der Waals surface area contributed by atoms with Crippen molar-refractivity contribution in [2.75, 3.05) is 26.6 Å². The van der Waals surface area contributed by atoms with Gasteiger partial charge in [-0.15, -0.1) is 0 Å². The largest absolute Gasteiger partial charge is 0.454 e. The molecule has 1 N–H and O–H groups in total. The van der Waals surface area contributed by atoms with E-state index in [1.165, 1.54) is 6.42 Å².